The third-order valence-electron chi connectivity index (χ3n) is 3.18. The van der Waals surface area contributed by atoms with Crippen LogP contribution in [-0.4, -0.2) is 41.7 Å². The summed E-state index contributed by atoms with van der Waals surface area (Å²) in [6.45, 7) is 1.66. The van der Waals surface area contributed by atoms with Gasteiger partial charge < -0.3 is 9.84 Å². The summed E-state index contributed by atoms with van der Waals surface area (Å²) in [7, 11) is 0. The molecule has 0 spiro atoms. The van der Waals surface area contributed by atoms with Crippen molar-refractivity contribution in [2.75, 3.05) is 13.2 Å². The molecule has 18 heavy (non-hydrogen) atoms. The molecule has 0 aromatic carbocycles. The minimum atomic E-state index is -4.36. The molecule has 1 saturated heterocycles. The Morgan fingerprint density at radius 1 is 1.67 bits per heavy atom. The second-order valence-corrected chi connectivity index (χ2v) is 4.66. The predicted octanol–water partition coefficient (Wildman–Crippen LogP) is 1.81. The van der Waals surface area contributed by atoms with E-state index in [0.29, 0.717) is 5.57 Å². The molecule has 7 heteroatoms. The van der Waals surface area contributed by atoms with Crippen LogP contribution in [0.1, 0.15) is 13.3 Å². The van der Waals surface area contributed by atoms with Crippen molar-refractivity contribution in [1.82, 2.24) is 0 Å². The van der Waals surface area contributed by atoms with Gasteiger partial charge in [-0.1, -0.05) is 0 Å². The summed E-state index contributed by atoms with van der Waals surface area (Å²) in [5.74, 6) is -1.48. The first-order valence-corrected chi connectivity index (χ1v) is 5.42. The predicted molar refractivity (Wildman–Crippen MR) is 56.5 cm³/mol. The maximum absolute atomic E-state index is 12.5. The first-order valence-electron chi connectivity index (χ1n) is 5.42. The molecule has 2 heterocycles. The average molecular weight is 263 g/mol. The number of dihydropyridines is 1. The number of rotatable bonds is 2. The summed E-state index contributed by atoms with van der Waals surface area (Å²) < 4.78 is 42.8. The second kappa shape index (κ2) is 4.08. The Kier molecular flexibility index (Phi) is 2.96. The Labute approximate surface area is 101 Å². The summed E-state index contributed by atoms with van der Waals surface area (Å²) in [6, 6.07) is 0. The lowest BCUT2D eigenvalue weighted by Crippen LogP contribution is -2.35. The van der Waals surface area contributed by atoms with Gasteiger partial charge in [-0.25, -0.2) is 4.79 Å². The molecule has 2 rings (SSSR count). The Hall–Kier alpha value is -1.37. The van der Waals surface area contributed by atoms with Crippen LogP contribution in [0, 0.1) is 5.92 Å². The molecule has 1 fully saturated rings. The highest BCUT2D eigenvalue weighted by atomic mass is 19.4. The van der Waals surface area contributed by atoms with Crippen LogP contribution in [0.4, 0.5) is 13.2 Å². The molecule has 2 aliphatic heterocycles. The van der Waals surface area contributed by atoms with Gasteiger partial charge >= 0.3 is 12.1 Å². The van der Waals surface area contributed by atoms with Crippen molar-refractivity contribution >= 4 is 11.7 Å². The molecule has 4 nitrogen and oxygen atoms in total. The third kappa shape index (κ3) is 2.40. The summed E-state index contributed by atoms with van der Waals surface area (Å²) >= 11 is 0. The topological polar surface area (TPSA) is 58.9 Å². The second-order valence-electron chi connectivity index (χ2n) is 4.66. The Morgan fingerprint density at radius 3 is 2.89 bits per heavy atom. The SMILES string of the molecule is CC1(CC(F)(F)F)OCC2CN=C(C(=O)O)C=C21. The van der Waals surface area contributed by atoms with Crippen LogP contribution in [0.15, 0.2) is 16.6 Å². The van der Waals surface area contributed by atoms with Crippen LogP contribution in [0.25, 0.3) is 0 Å². The summed E-state index contributed by atoms with van der Waals surface area (Å²) in [5.41, 5.74) is -1.30. The van der Waals surface area contributed by atoms with E-state index in [0.717, 1.165) is 0 Å². The largest absolute Gasteiger partial charge is 0.477 e. The van der Waals surface area contributed by atoms with Gasteiger partial charge in [-0.15, -0.1) is 0 Å². The number of ether oxygens (including phenoxy) is 1. The standard InChI is InChI=1S/C11H12F3NO3/c1-10(5-11(12,13)14)7-2-8(9(16)17)15-3-6(7)4-18-10/h2,6H,3-5H2,1H3,(H,16,17). The van der Waals surface area contributed by atoms with Crippen LogP contribution in [0.2, 0.25) is 0 Å². The van der Waals surface area contributed by atoms with Crippen molar-refractivity contribution in [1.29, 1.82) is 0 Å². The summed E-state index contributed by atoms with van der Waals surface area (Å²) in [6.07, 6.45) is -4.26. The molecule has 0 amide bonds. The van der Waals surface area contributed by atoms with E-state index in [-0.39, 0.29) is 24.8 Å². The Bertz CT molecular complexity index is 441. The molecule has 0 radical (unpaired) electrons. The first-order chi connectivity index (χ1) is 8.21. The van der Waals surface area contributed by atoms with Crippen molar-refractivity contribution in [3.8, 4) is 0 Å². The zero-order valence-electron chi connectivity index (χ0n) is 9.62. The molecule has 1 N–H and O–H groups in total. The monoisotopic (exact) mass is 263 g/mol. The number of fused-ring (bicyclic) bond motifs is 1. The van der Waals surface area contributed by atoms with E-state index in [2.05, 4.69) is 4.99 Å². The number of halogens is 3. The fourth-order valence-electron chi connectivity index (χ4n) is 2.38. The molecule has 2 aliphatic rings. The lowest BCUT2D eigenvalue weighted by atomic mass is 9.84. The number of aliphatic imine (C=N–C) groups is 1. The fourth-order valence-corrected chi connectivity index (χ4v) is 2.38. The van der Waals surface area contributed by atoms with Crippen molar-refractivity contribution in [3.05, 3.63) is 11.6 Å². The molecule has 2 unspecified atom stereocenters. The van der Waals surface area contributed by atoms with Gasteiger partial charge in [0.05, 0.1) is 18.6 Å². The molecule has 0 aliphatic carbocycles. The van der Waals surface area contributed by atoms with Gasteiger partial charge in [0.25, 0.3) is 0 Å². The average Bonchev–Trinajstić information content (AvgIpc) is 2.53. The minimum Gasteiger partial charge on any atom is -0.477 e. The number of nitrogens with zero attached hydrogens (tertiary/aromatic N) is 1. The Morgan fingerprint density at radius 2 is 2.33 bits per heavy atom. The van der Waals surface area contributed by atoms with Gasteiger partial charge in [-0.3, -0.25) is 4.99 Å². The first kappa shape index (κ1) is 13.1. The van der Waals surface area contributed by atoms with Crippen LogP contribution in [0.5, 0.6) is 0 Å². The van der Waals surface area contributed by atoms with Crippen molar-refractivity contribution < 1.29 is 27.8 Å². The molecular formula is C11H12F3NO3. The zero-order chi connectivity index (χ0) is 13.6. The smallest absolute Gasteiger partial charge is 0.392 e. The highest BCUT2D eigenvalue weighted by Gasteiger charge is 2.49. The number of carbonyl (C=O) groups is 1. The number of aliphatic carboxylic acids is 1. The van der Waals surface area contributed by atoms with Gasteiger partial charge in [-0.05, 0) is 18.6 Å². The van der Waals surface area contributed by atoms with Crippen molar-refractivity contribution in [3.63, 3.8) is 0 Å². The Balaban J connectivity index is 2.30. The lowest BCUT2D eigenvalue weighted by molar-refractivity contribution is -0.169. The molecule has 0 saturated carbocycles. The number of alkyl halides is 3. The van der Waals surface area contributed by atoms with E-state index in [1.54, 1.807) is 0 Å². The quantitative estimate of drug-likeness (QED) is 0.826. The van der Waals surface area contributed by atoms with Crippen LogP contribution >= 0.6 is 0 Å². The number of hydrogen-bond acceptors (Lipinski definition) is 3. The van der Waals surface area contributed by atoms with Crippen molar-refractivity contribution in [2.24, 2.45) is 10.9 Å². The fraction of sp³-hybridized carbons (Fsp3) is 0.636. The van der Waals surface area contributed by atoms with E-state index in [9.17, 15) is 18.0 Å². The summed E-state index contributed by atoms with van der Waals surface area (Å²) in [5, 5.41) is 8.82. The van der Waals surface area contributed by atoms with Gasteiger partial charge in [0, 0.05) is 12.5 Å². The molecule has 100 valence electrons. The number of carboxylic acids is 1. The van der Waals surface area contributed by atoms with E-state index in [4.69, 9.17) is 9.84 Å². The van der Waals surface area contributed by atoms with Crippen molar-refractivity contribution in [2.45, 2.75) is 25.1 Å². The highest BCUT2D eigenvalue weighted by Crippen LogP contribution is 2.44. The van der Waals surface area contributed by atoms with E-state index >= 15 is 0 Å². The maximum atomic E-state index is 12.5. The summed E-state index contributed by atoms with van der Waals surface area (Å²) in [4.78, 5) is 14.6. The molecular weight excluding hydrogens is 251 g/mol. The highest BCUT2D eigenvalue weighted by molar-refractivity contribution is 6.40. The van der Waals surface area contributed by atoms with Gasteiger partial charge in [-0.2, -0.15) is 13.2 Å². The van der Waals surface area contributed by atoms with Gasteiger partial charge in [0.15, 0.2) is 0 Å². The van der Waals surface area contributed by atoms with Crippen LogP contribution < -0.4 is 0 Å². The molecule has 0 aromatic rings. The zero-order valence-corrected chi connectivity index (χ0v) is 9.62. The molecule has 2 atom stereocenters. The van der Waals surface area contributed by atoms with Gasteiger partial charge in [0.2, 0.25) is 0 Å². The maximum Gasteiger partial charge on any atom is 0.392 e. The number of hydrogen-bond donors (Lipinski definition) is 1. The normalized spacial score (nSPS) is 31.7. The van der Waals surface area contributed by atoms with E-state index in [1.165, 1.54) is 13.0 Å². The number of carboxylic acid groups (broad SMARTS) is 1. The van der Waals surface area contributed by atoms with Crippen LogP contribution in [0.3, 0.4) is 0 Å². The van der Waals surface area contributed by atoms with E-state index < -0.39 is 24.2 Å². The van der Waals surface area contributed by atoms with Gasteiger partial charge in [0.1, 0.15) is 5.71 Å². The molecule has 0 bridgehead atoms. The third-order valence-corrected chi connectivity index (χ3v) is 3.18. The van der Waals surface area contributed by atoms with Crippen LogP contribution in [-0.2, 0) is 9.53 Å². The minimum absolute atomic E-state index is 0.148. The molecule has 0 aromatic heterocycles. The van der Waals surface area contributed by atoms with E-state index in [1.807, 2.05) is 0 Å². The lowest BCUT2D eigenvalue weighted by Gasteiger charge is -2.28.